The predicted molar refractivity (Wildman–Crippen MR) is 128 cm³/mol. The molecule has 1 fully saturated rings. The lowest BCUT2D eigenvalue weighted by molar-refractivity contribution is 0.108. The van der Waals surface area contributed by atoms with Crippen LogP contribution in [0.1, 0.15) is 62.2 Å². The zero-order valence-electron chi connectivity index (χ0n) is 19.2. The summed E-state index contributed by atoms with van der Waals surface area (Å²) in [6, 6.07) is 14.3. The third-order valence-electron chi connectivity index (χ3n) is 6.71. The molecule has 172 valence electrons. The van der Waals surface area contributed by atoms with E-state index in [-0.39, 0.29) is 12.3 Å². The summed E-state index contributed by atoms with van der Waals surface area (Å²) in [5, 5.41) is 14.3. The summed E-state index contributed by atoms with van der Waals surface area (Å²) in [7, 11) is 3.49. The smallest absolute Gasteiger partial charge is 0.328 e. The molecular formula is C26H35N3O3. The highest BCUT2D eigenvalue weighted by molar-refractivity contribution is 5.76. The fraction of sp³-hybridized carbons (Fsp3) is 0.500. The minimum Gasteiger partial charge on any atom is -0.491 e. The second-order valence-corrected chi connectivity index (χ2v) is 9.04. The van der Waals surface area contributed by atoms with Crippen LogP contribution in [-0.4, -0.2) is 26.9 Å². The predicted octanol–water partition coefficient (Wildman–Crippen LogP) is 4.19. The highest BCUT2D eigenvalue weighted by atomic mass is 16.5. The molecule has 1 aromatic heterocycles. The van der Waals surface area contributed by atoms with E-state index in [0.717, 1.165) is 28.9 Å². The number of fused-ring (bicyclic) bond motifs is 1. The van der Waals surface area contributed by atoms with Crippen LogP contribution in [0, 0.1) is 0 Å². The first-order chi connectivity index (χ1) is 15.5. The van der Waals surface area contributed by atoms with Gasteiger partial charge in [0.05, 0.1) is 11.0 Å². The lowest BCUT2D eigenvalue weighted by Gasteiger charge is -2.21. The van der Waals surface area contributed by atoms with Crippen LogP contribution in [0.5, 0.6) is 5.75 Å². The van der Waals surface area contributed by atoms with Gasteiger partial charge in [-0.25, -0.2) is 4.79 Å². The Bertz CT molecular complexity index is 1080. The van der Waals surface area contributed by atoms with Crippen LogP contribution in [0.3, 0.4) is 0 Å². The molecule has 0 unspecified atom stereocenters. The Morgan fingerprint density at radius 1 is 0.969 bits per heavy atom. The third-order valence-corrected chi connectivity index (χ3v) is 6.71. The van der Waals surface area contributed by atoms with Crippen molar-refractivity contribution in [2.24, 2.45) is 14.1 Å². The van der Waals surface area contributed by atoms with Crippen molar-refractivity contribution in [3.05, 3.63) is 64.1 Å². The highest BCUT2D eigenvalue weighted by Gasteiger charge is 2.14. The summed E-state index contributed by atoms with van der Waals surface area (Å²) in [5.74, 6) is 0.743. The lowest BCUT2D eigenvalue weighted by atomic mass is 9.96. The van der Waals surface area contributed by atoms with E-state index >= 15 is 0 Å². The van der Waals surface area contributed by atoms with Gasteiger partial charge >= 0.3 is 5.69 Å². The van der Waals surface area contributed by atoms with Crippen LogP contribution in [0.4, 0.5) is 0 Å². The molecule has 1 aliphatic carbocycles. The molecule has 1 saturated carbocycles. The van der Waals surface area contributed by atoms with Gasteiger partial charge < -0.3 is 15.2 Å². The number of nitrogens with one attached hydrogen (secondary N) is 1. The van der Waals surface area contributed by atoms with Gasteiger partial charge in [-0.05, 0) is 48.2 Å². The molecule has 0 radical (unpaired) electrons. The summed E-state index contributed by atoms with van der Waals surface area (Å²) in [6.45, 7) is 1.04. The largest absolute Gasteiger partial charge is 0.491 e. The van der Waals surface area contributed by atoms with E-state index in [0.29, 0.717) is 6.04 Å². The number of aryl methyl sites for hydroxylation is 2. The normalized spacial score (nSPS) is 16.6. The summed E-state index contributed by atoms with van der Waals surface area (Å²) in [4.78, 5) is 12.1. The van der Waals surface area contributed by atoms with Crippen LogP contribution in [0.25, 0.3) is 11.0 Å². The number of hydrogen-bond donors (Lipinski definition) is 2. The van der Waals surface area contributed by atoms with Gasteiger partial charge in [-0.3, -0.25) is 9.13 Å². The molecule has 0 aliphatic heterocycles. The van der Waals surface area contributed by atoms with Crippen LogP contribution < -0.4 is 15.7 Å². The molecule has 6 nitrogen and oxygen atoms in total. The minimum absolute atomic E-state index is 0.0768. The van der Waals surface area contributed by atoms with E-state index in [1.165, 1.54) is 50.5 Å². The first-order valence-corrected chi connectivity index (χ1v) is 11.8. The number of rotatable bonds is 7. The van der Waals surface area contributed by atoms with Crippen molar-refractivity contribution < 1.29 is 9.84 Å². The Balaban J connectivity index is 1.30. The van der Waals surface area contributed by atoms with Gasteiger partial charge in [0.1, 0.15) is 18.5 Å². The standard InChI is InChI=1S/C26H35N3O3/c1-28-23-15-12-20(16-24(23)29(2)26(28)31)25(30)18-32-22-13-10-19(11-14-22)17-27-21-8-6-4-3-5-7-9-21/h10-16,21,25,27,30H,3-9,17-18H2,1-2H3/t25-/m1/s1. The van der Waals surface area contributed by atoms with Gasteiger partial charge in [0.2, 0.25) is 0 Å². The van der Waals surface area contributed by atoms with Crippen LogP contribution in [-0.2, 0) is 20.6 Å². The number of benzene rings is 2. The van der Waals surface area contributed by atoms with Crippen molar-refractivity contribution in [1.29, 1.82) is 0 Å². The van der Waals surface area contributed by atoms with Crippen LogP contribution in [0.2, 0.25) is 0 Å². The molecular weight excluding hydrogens is 402 g/mol. The first kappa shape index (κ1) is 22.6. The number of aliphatic hydroxyl groups is 1. The van der Waals surface area contributed by atoms with Gasteiger partial charge in [0.15, 0.2) is 0 Å². The molecule has 3 aromatic rings. The number of hydrogen-bond acceptors (Lipinski definition) is 4. The number of nitrogens with zero attached hydrogens (tertiary/aromatic N) is 2. The van der Waals surface area contributed by atoms with Gasteiger partial charge in [-0.2, -0.15) is 0 Å². The summed E-state index contributed by atoms with van der Waals surface area (Å²) in [5.41, 5.74) is 3.55. The summed E-state index contributed by atoms with van der Waals surface area (Å²) < 4.78 is 9.03. The van der Waals surface area contributed by atoms with Gasteiger partial charge in [0.25, 0.3) is 0 Å². The van der Waals surface area contributed by atoms with Crippen molar-refractivity contribution in [3.63, 3.8) is 0 Å². The Morgan fingerprint density at radius 2 is 1.62 bits per heavy atom. The molecule has 1 aliphatic rings. The molecule has 2 aromatic carbocycles. The minimum atomic E-state index is -0.768. The maximum absolute atomic E-state index is 12.1. The number of ether oxygens (including phenoxy) is 1. The second kappa shape index (κ2) is 10.4. The molecule has 0 bridgehead atoms. The molecule has 1 atom stereocenters. The number of aliphatic hydroxyl groups excluding tert-OH is 1. The van der Waals surface area contributed by atoms with E-state index < -0.39 is 6.10 Å². The maximum Gasteiger partial charge on any atom is 0.328 e. The third kappa shape index (κ3) is 5.25. The zero-order valence-corrected chi connectivity index (χ0v) is 19.2. The van der Waals surface area contributed by atoms with Gasteiger partial charge in [0, 0.05) is 26.7 Å². The molecule has 4 rings (SSSR count). The Hall–Kier alpha value is -2.57. The van der Waals surface area contributed by atoms with E-state index in [1.807, 2.05) is 30.3 Å². The van der Waals surface area contributed by atoms with Gasteiger partial charge in [-0.15, -0.1) is 0 Å². The topological polar surface area (TPSA) is 68.4 Å². The number of aromatic nitrogens is 2. The van der Waals surface area contributed by atoms with Crippen molar-refractivity contribution >= 4 is 11.0 Å². The Morgan fingerprint density at radius 3 is 2.34 bits per heavy atom. The first-order valence-electron chi connectivity index (χ1n) is 11.8. The second-order valence-electron chi connectivity index (χ2n) is 9.04. The maximum atomic E-state index is 12.1. The van der Waals surface area contributed by atoms with Crippen molar-refractivity contribution in [3.8, 4) is 5.75 Å². The number of imidazole rings is 1. The average Bonchev–Trinajstić information content (AvgIpc) is 3.01. The molecule has 32 heavy (non-hydrogen) atoms. The van der Waals surface area contributed by atoms with E-state index in [9.17, 15) is 9.90 Å². The highest BCUT2D eigenvalue weighted by Crippen LogP contribution is 2.22. The molecule has 0 amide bonds. The summed E-state index contributed by atoms with van der Waals surface area (Å²) in [6.07, 6.45) is 8.59. The lowest BCUT2D eigenvalue weighted by Crippen LogP contribution is -2.29. The molecule has 2 N–H and O–H groups in total. The molecule has 6 heteroatoms. The van der Waals surface area contributed by atoms with Crippen molar-refractivity contribution in [2.45, 2.75) is 63.6 Å². The van der Waals surface area contributed by atoms with Gasteiger partial charge in [-0.1, -0.05) is 50.3 Å². The Labute approximate surface area is 189 Å². The van der Waals surface area contributed by atoms with Crippen molar-refractivity contribution in [1.82, 2.24) is 14.5 Å². The summed E-state index contributed by atoms with van der Waals surface area (Å²) >= 11 is 0. The van der Waals surface area contributed by atoms with Crippen LogP contribution >= 0.6 is 0 Å². The average molecular weight is 438 g/mol. The fourth-order valence-electron chi connectivity index (χ4n) is 4.63. The Kier molecular flexibility index (Phi) is 7.33. The van der Waals surface area contributed by atoms with E-state index in [2.05, 4.69) is 17.4 Å². The molecule has 0 spiro atoms. The van der Waals surface area contributed by atoms with E-state index in [1.54, 1.807) is 23.2 Å². The molecule has 0 saturated heterocycles. The zero-order chi connectivity index (χ0) is 22.5. The SMILES string of the molecule is Cn1c(=O)n(C)c2cc([C@H](O)COc3ccc(CNC4CCCCCCC4)cc3)ccc21. The fourth-order valence-corrected chi connectivity index (χ4v) is 4.63. The van der Waals surface area contributed by atoms with Crippen molar-refractivity contribution in [2.75, 3.05) is 6.61 Å². The van der Waals surface area contributed by atoms with E-state index in [4.69, 9.17) is 4.74 Å². The quantitative estimate of drug-likeness (QED) is 0.582. The monoisotopic (exact) mass is 437 g/mol. The van der Waals surface area contributed by atoms with Crippen LogP contribution in [0.15, 0.2) is 47.3 Å². The molecule has 1 heterocycles.